The quantitative estimate of drug-likeness (QED) is 0.540. The summed E-state index contributed by atoms with van der Waals surface area (Å²) in [4.78, 5) is 0. The van der Waals surface area contributed by atoms with Gasteiger partial charge >= 0.3 is 0 Å². The first-order valence-electron chi connectivity index (χ1n) is 5.53. The molecular formula is C9H21N3O3S. The van der Waals surface area contributed by atoms with Gasteiger partial charge in [-0.15, -0.1) is 0 Å². The van der Waals surface area contributed by atoms with E-state index in [1.807, 2.05) is 0 Å². The van der Waals surface area contributed by atoms with Crippen molar-refractivity contribution in [2.75, 3.05) is 26.8 Å². The predicted octanol–water partition coefficient (Wildman–Crippen LogP) is -0.803. The minimum atomic E-state index is -3.39. The van der Waals surface area contributed by atoms with Gasteiger partial charge in [-0.3, -0.25) is 0 Å². The Balaban J connectivity index is 2.29. The topological polar surface area (TPSA) is 79.5 Å². The van der Waals surface area contributed by atoms with Gasteiger partial charge in [0.25, 0.3) is 10.2 Å². The van der Waals surface area contributed by atoms with Gasteiger partial charge in [-0.25, -0.2) is 0 Å². The van der Waals surface area contributed by atoms with Gasteiger partial charge in [-0.2, -0.15) is 17.9 Å². The maximum atomic E-state index is 11.5. The summed E-state index contributed by atoms with van der Waals surface area (Å²) >= 11 is 0. The molecule has 0 aromatic rings. The van der Waals surface area contributed by atoms with E-state index < -0.39 is 10.2 Å². The maximum absolute atomic E-state index is 11.5. The van der Waals surface area contributed by atoms with Gasteiger partial charge in [0.1, 0.15) is 0 Å². The van der Waals surface area contributed by atoms with E-state index in [1.54, 1.807) is 0 Å². The highest BCUT2D eigenvalue weighted by atomic mass is 32.2. The molecule has 0 bridgehead atoms. The minimum Gasteiger partial charge on any atom is -0.383 e. The Morgan fingerprint density at radius 1 is 1.44 bits per heavy atom. The van der Waals surface area contributed by atoms with Gasteiger partial charge in [0.2, 0.25) is 0 Å². The first-order chi connectivity index (χ1) is 7.53. The summed E-state index contributed by atoms with van der Waals surface area (Å²) in [5.41, 5.74) is 0. The lowest BCUT2D eigenvalue weighted by Gasteiger charge is -2.28. The van der Waals surface area contributed by atoms with E-state index in [4.69, 9.17) is 4.74 Å². The summed E-state index contributed by atoms with van der Waals surface area (Å²) < 4.78 is 32.9. The predicted molar refractivity (Wildman–Crippen MR) is 62.4 cm³/mol. The fourth-order valence-corrected chi connectivity index (χ4v) is 2.71. The summed E-state index contributed by atoms with van der Waals surface area (Å²) in [5, 5.41) is 3.24. The van der Waals surface area contributed by atoms with E-state index in [0.29, 0.717) is 25.7 Å². The van der Waals surface area contributed by atoms with E-state index in [-0.39, 0.29) is 6.04 Å². The highest BCUT2D eigenvalue weighted by Crippen LogP contribution is 2.07. The van der Waals surface area contributed by atoms with E-state index in [9.17, 15) is 8.42 Å². The van der Waals surface area contributed by atoms with Crippen molar-refractivity contribution in [2.45, 2.75) is 31.8 Å². The first-order valence-corrected chi connectivity index (χ1v) is 7.01. The van der Waals surface area contributed by atoms with Crippen LogP contribution in [0.1, 0.15) is 19.8 Å². The molecule has 0 amide bonds. The molecule has 1 saturated heterocycles. The van der Waals surface area contributed by atoms with Gasteiger partial charge in [-0.05, 0) is 19.8 Å². The van der Waals surface area contributed by atoms with Gasteiger partial charge in [-0.1, -0.05) is 0 Å². The summed E-state index contributed by atoms with van der Waals surface area (Å²) in [6, 6.07) is 0.457. The van der Waals surface area contributed by atoms with E-state index in [1.165, 1.54) is 7.11 Å². The van der Waals surface area contributed by atoms with Crippen LogP contribution in [0.25, 0.3) is 0 Å². The number of ether oxygens (including phenoxy) is 1. The lowest BCUT2D eigenvalue weighted by atomic mass is 10.0. The molecule has 16 heavy (non-hydrogen) atoms. The van der Waals surface area contributed by atoms with Gasteiger partial charge in [0.15, 0.2) is 0 Å². The average Bonchev–Trinajstić information content (AvgIpc) is 2.21. The lowest BCUT2D eigenvalue weighted by molar-refractivity contribution is 0.204. The van der Waals surface area contributed by atoms with Crippen LogP contribution in [0.3, 0.4) is 0 Å². The maximum Gasteiger partial charge on any atom is 0.277 e. The third-order valence-electron chi connectivity index (χ3n) is 2.58. The molecule has 96 valence electrons. The Morgan fingerprint density at radius 2 is 2.19 bits per heavy atom. The van der Waals surface area contributed by atoms with Crippen molar-refractivity contribution in [3.8, 4) is 0 Å². The molecule has 0 saturated carbocycles. The van der Waals surface area contributed by atoms with Crippen molar-refractivity contribution >= 4 is 10.2 Å². The molecule has 3 N–H and O–H groups in total. The molecule has 1 heterocycles. The van der Waals surface area contributed by atoms with Gasteiger partial charge < -0.3 is 10.1 Å². The second-order valence-electron chi connectivity index (χ2n) is 4.09. The smallest absolute Gasteiger partial charge is 0.277 e. The molecule has 1 aliphatic rings. The largest absolute Gasteiger partial charge is 0.383 e. The van der Waals surface area contributed by atoms with Crippen LogP contribution in [-0.2, 0) is 14.9 Å². The molecule has 1 aliphatic heterocycles. The third-order valence-corrected chi connectivity index (χ3v) is 3.81. The summed E-state index contributed by atoms with van der Waals surface area (Å²) in [7, 11) is -1.86. The van der Waals surface area contributed by atoms with Crippen LogP contribution in [0.5, 0.6) is 0 Å². The van der Waals surface area contributed by atoms with Gasteiger partial charge in [0, 0.05) is 32.3 Å². The third kappa shape index (κ3) is 5.22. The fraction of sp³-hybridized carbons (Fsp3) is 1.00. The Bertz CT molecular complexity index is 286. The van der Waals surface area contributed by atoms with Gasteiger partial charge in [0.05, 0.1) is 6.61 Å². The molecule has 0 radical (unpaired) electrons. The number of methoxy groups -OCH3 is 1. The van der Waals surface area contributed by atoms with Crippen LogP contribution in [0.2, 0.25) is 0 Å². The summed E-state index contributed by atoms with van der Waals surface area (Å²) in [6.45, 7) is 3.46. The zero-order chi connectivity index (χ0) is 12.0. The molecular weight excluding hydrogens is 230 g/mol. The Kier molecular flexibility index (Phi) is 5.63. The molecule has 0 aromatic carbocycles. The molecule has 0 aromatic heterocycles. The SMILES string of the molecule is COCCNS(=O)(=O)NC1CCC(C)NC1. The lowest BCUT2D eigenvalue weighted by Crippen LogP contribution is -2.51. The normalized spacial score (nSPS) is 26.9. The Hall–Kier alpha value is -0.210. The first kappa shape index (κ1) is 13.9. The number of hydrogen-bond acceptors (Lipinski definition) is 4. The Morgan fingerprint density at radius 3 is 2.75 bits per heavy atom. The van der Waals surface area contributed by atoms with Crippen molar-refractivity contribution in [1.82, 2.24) is 14.8 Å². The van der Waals surface area contributed by atoms with Crippen LogP contribution in [0, 0.1) is 0 Å². The molecule has 2 unspecified atom stereocenters. The van der Waals surface area contributed by atoms with Crippen LogP contribution in [0.4, 0.5) is 0 Å². The van der Waals surface area contributed by atoms with Crippen LogP contribution < -0.4 is 14.8 Å². The average molecular weight is 251 g/mol. The highest BCUT2D eigenvalue weighted by Gasteiger charge is 2.21. The van der Waals surface area contributed by atoms with Crippen molar-refractivity contribution in [3.05, 3.63) is 0 Å². The van der Waals surface area contributed by atoms with E-state index >= 15 is 0 Å². The molecule has 1 rings (SSSR count). The molecule has 2 atom stereocenters. The van der Waals surface area contributed by atoms with Crippen molar-refractivity contribution in [3.63, 3.8) is 0 Å². The van der Waals surface area contributed by atoms with Crippen molar-refractivity contribution < 1.29 is 13.2 Å². The second-order valence-corrected chi connectivity index (χ2v) is 5.62. The van der Waals surface area contributed by atoms with Crippen LogP contribution in [0.15, 0.2) is 0 Å². The molecule has 0 spiro atoms. The summed E-state index contributed by atoms with van der Waals surface area (Å²) in [6.07, 6.45) is 1.87. The number of nitrogens with one attached hydrogen (secondary N) is 3. The standard InChI is InChI=1S/C9H21N3O3S/c1-8-3-4-9(7-10-8)12-16(13,14)11-5-6-15-2/h8-12H,3-7H2,1-2H3. The van der Waals surface area contributed by atoms with Crippen molar-refractivity contribution in [2.24, 2.45) is 0 Å². The molecule has 7 heteroatoms. The van der Waals surface area contributed by atoms with E-state index in [2.05, 4.69) is 21.7 Å². The molecule has 0 aliphatic carbocycles. The zero-order valence-electron chi connectivity index (χ0n) is 9.82. The van der Waals surface area contributed by atoms with E-state index in [0.717, 1.165) is 12.8 Å². The molecule has 1 fully saturated rings. The zero-order valence-corrected chi connectivity index (χ0v) is 10.6. The number of hydrogen-bond donors (Lipinski definition) is 3. The number of rotatable bonds is 6. The summed E-state index contributed by atoms with van der Waals surface area (Å²) in [5.74, 6) is 0. The Labute approximate surface area is 97.3 Å². The van der Waals surface area contributed by atoms with Crippen molar-refractivity contribution in [1.29, 1.82) is 0 Å². The fourth-order valence-electron chi connectivity index (χ4n) is 1.64. The second kappa shape index (κ2) is 6.51. The number of piperidine rings is 1. The highest BCUT2D eigenvalue weighted by molar-refractivity contribution is 7.87. The van der Waals surface area contributed by atoms with Crippen LogP contribution in [-0.4, -0.2) is 47.3 Å². The van der Waals surface area contributed by atoms with Crippen LogP contribution >= 0.6 is 0 Å². The minimum absolute atomic E-state index is 0.0174. The monoisotopic (exact) mass is 251 g/mol. The molecule has 6 nitrogen and oxygen atoms in total.